The van der Waals surface area contributed by atoms with Crippen LogP contribution in [0.5, 0.6) is 0 Å². The standard InChI is InChI=1S/C23H23N7OS/c1-23(2,3)15-10-8-14(9-11-15)21-28-29-22(30(21)25)32-13-19(31)16(12-24)20-26-17-6-4-5-7-18(17)27-20/h4-11,31H,13,25H2,1-3H3,(H,26,27). The van der Waals surface area contributed by atoms with Crippen molar-refractivity contribution in [3.8, 4) is 17.5 Å². The van der Waals surface area contributed by atoms with Crippen molar-refractivity contribution in [2.45, 2.75) is 31.3 Å². The van der Waals surface area contributed by atoms with Crippen molar-refractivity contribution in [2.24, 2.45) is 0 Å². The normalized spacial score (nSPS) is 12.6. The topological polar surface area (TPSA) is 129 Å². The number of benzene rings is 2. The van der Waals surface area contributed by atoms with Gasteiger partial charge in [-0.3, -0.25) is 0 Å². The van der Waals surface area contributed by atoms with Gasteiger partial charge < -0.3 is 15.9 Å². The molecule has 0 bridgehead atoms. The van der Waals surface area contributed by atoms with E-state index in [1.54, 1.807) is 0 Å². The van der Waals surface area contributed by atoms with Gasteiger partial charge in [0.05, 0.1) is 16.8 Å². The predicted molar refractivity (Wildman–Crippen MR) is 126 cm³/mol. The van der Waals surface area contributed by atoms with E-state index in [0.717, 1.165) is 16.6 Å². The van der Waals surface area contributed by atoms with Gasteiger partial charge in [-0.05, 0) is 23.1 Å². The van der Waals surface area contributed by atoms with Crippen molar-refractivity contribution in [3.05, 3.63) is 65.7 Å². The molecule has 0 saturated carbocycles. The minimum absolute atomic E-state index is 0.0537. The highest BCUT2D eigenvalue weighted by Crippen LogP contribution is 2.28. The maximum atomic E-state index is 10.5. The number of aromatic nitrogens is 5. The summed E-state index contributed by atoms with van der Waals surface area (Å²) in [7, 11) is 0. The van der Waals surface area contributed by atoms with Crippen LogP contribution in [0.15, 0.2) is 59.4 Å². The first-order valence-electron chi connectivity index (χ1n) is 9.99. The third-order valence-electron chi connectivity index (χ3n) is 5.04. The summed E-state index contributed by atoms with van der Waals surface area (Å²) in [5.41, 5.74) is 3.70. The number of imidazole rings is 1. The maximum absolute atomic E-state index is 10.5. The zero-order valence-electron chi connectivity index (χ0n) is 18.0. The summed E-state index contributed by atoms with van der Waals surface area (Å²) < 4.78 is 1.39. The number of aliphatic hydroxyl groups is 1. The van der Waals surface area contributed by atoms with Crippen LogP contribution >= 0.6 is 11.8 Å². The molecule has 0 radical (unpaired) electrons. The maximum Gasteiger partial charge on any atom is 0.210 e. The molecular weight excluding hydrogens is 422 g/mol. The Morgan fingerprint density at radius 1 is 1.16 bits per heavy atom. The summed E-state index contributed by atoms with van der Waals surface area (Å²) in [6.45, 7) is 6.47. The van der Waals surface area contributed by atoms with E-state index in [9.17, 15) is 10.4 Å². The van der Waals surface area contributed by atoms with Crippen molar-refractivity contribution in [1.82, 2.24) is 24.8 Å². The van der Waals surface area contributed by atoms with Gasteiger partial charge in [-0.2, -0.15) is 5.26 Å². The highest BCUT2D eigenvalue weighted by atomic mass is 32.2. The third-order valence-corrected chi connectivity index (χ3v) is 5.99. The van der Waals surface area contributed by atoms with Crippen LogP contribution in [0, 0.1) is 11.3 Å². The number of nitrogens with one attached hydrogen (secondary N) is 1. The Morgan fingerprint density at radius 2 is 1.88 bits per heavy atom. The molecular formula is C23H23N7OS. The van der Waals surface area contributed by atoms with Crippen LogP contribution in [0.3, 0.4) is 0 Å². The van der Waals surface area contributed by atoms with E-state index >= 15 is 0 Å². The highest BCUT2D eigenvalue weighted by Gasteiger charge is 2.18. The van der Waals surface area contributed by atoms with Gasteiger partial charge in [0.1, 0.15) is 17.4 Å². The molecule has 0 spiro atoms. The van der Waals surface area contributed by atoms with Crippen LogP contribution in [0.25, 0.3) is 28.0 Å². The number of H-pyrrole nitrogens is 1. The lowest BCUT2D eigenvalue weighted by atomic mass is 9.87. The molecule has 4 N–H and O–H groups in total. The van der Waals surface area contributed by atoms with Gasteiger partial charge in [0.15, 0.2) is 11.6 Å². The molecule has 0 aliphatic rings. The van der Waals surface area contributed by atoms with Crippen molar-refractivity contribution in [2.75, 3.05) is 11.6 Å². The van der Waals surface area contributed by atoms with Crippen LogP contribution in [0.2, 0.25) is 0 Å². The summed E-state index contributed by atoms with van der Waals surface area (Å²) in [5, 5.41) is 28.9. The number of aliphatic hydroxyl groups excluding tert-OH is 1. The summed E-state index contributed by atoms with van der Waals surface area (Å²) >= 11 is 1.19. The van der Waals surface area contributed by atoms with Gasteiger partial charge in [-0.25, -0.2) is 9.66 Å². The molecule has 0 saturated heterocycles. The van der Waals surface area contributed by atoms with Gasteiger partial charge in [-0.15, -0.1) is 10.2 Å². The van der Waals surface area contributed by atoms with E-state index < -0.39 is 0 Å². The lowest BCUT2D eigenvalue weighted by Gasteiger charge is -2.19. The molecule has 32 heavy (non-hydrogen) atoms. The van der Waals surface area contributed by atoms with Crippen LogP contribution < -0.4 is 5.84 Å². The van der Waals surface area contributed by atoms with Crippen LogP contribution in [0.4, 0.5) is 0 Å². The van der Waals surface area contributed by atoms with Crippen LogP contribution in [-0.4, -0.2) is 35.7 Å². The van der Waals surface area contributed by atoms with Gasteiger partial charge in [0, 0.05) is 5.56 Å². The molecule has 2 heterocycles. The van der Waals surface area contributed by atoms with Gasteiger partial charge in [-0.1, -0.05) is 68.9 Å². The molecule has 0 aliphatic carbocycles. The van der Waals surface area contributed by atoms with E-state index in [1.807, 2.05) is 42.5 Å². The zero-order chi connectivity index (χ0) is 22.9. The summed E-state index contributed by atoms with van der Waals surface area (Å²) in [5.74, 6) is 7.03. The van der Waals surface area contributed by atoms with Crippen molar-refractivity contribution in [1.29, 1.82) is 5.26 Å². The smallest absolute Gasteiger partial charge is 0.210 e. The largest absolute Gasteiger partial charge is 0.510 e. The summed E-state index contributed by atoms with van der Waals surface area (Å²) in [4.78, 5) is 7.44. The number of rotatable bonds is 5. The Balaban J connectivity index is 1.53. The Morgan fingerprint density at radius 3 is 2.53 bits per heavy atom. The molecule has 2 aromatic heterocycles. The fourth-order valence-corrected chi connectivity index (χ4v) is 3.96. The quantitative estimate of drug-likeness (QED) is 0.179. The summed E-state index contributed by atoms with van der Waals surface area (Å²) in [6.07, 6.45) is 0. The molecule has 4 rings (SSSR count). The van der Waals surface area contributed by atoms with Crippen molar-refractivity contribution < 1.29 is 5.11 Å². The number of thioether (sulfide) groups is 1. The van der Waals surface area contributed by atoms with E-state index in [4.69, 9.17) is 5.84 Å². The lowest BCUT2D eigenvalue weighted by Crippen LogP contribution is -2.13. The highest BCUT2D eigenvalue weighted by molar-refractivity contribution is 7.99. The molecule has 0 aliphatic heterocycles. The second kappa shape index (κ2) is 8.40. The second-order valence-electron chi connectivity index (χ2n) is 8.33. The number of nitrogen functional groups attached to an aromatic ring is 1. The fourth-order valence-electron chi connectivity index (χ4n) is 3.22. The molecule has 0 atom stereocenters. The minimum atomic E-state index is -0.115. The fraction of sp³-hybridized carbons (Fsp3) is 0.217. The van der Waals surface area contributed by atoms with Gasteiger partial charge in [0.25, 0.3) is 0 Å². The number of hydrogen-bond donors (Lipinski definition) is 3. The molecule has 0 unspecified atom stereocenters. The molecule has 162 valence electrons. The van der Waals surface area contributed by atoms with Crippen LogP contribution in [0.1, 0.15) is 32.2 Å². The predicted octanol–water partition coefficient (Wildman–Crippen LogP) is 4.42. The average molecular weight is 446 g/mol. The molecule has 9 heteroatoms. The molecule has 4 aromatic rings. The monoisotopic (exact) mass is 445 g/mol. The lowest BCUT2D eigenvalue weighted by molar-refractivity contribution is 0.420. The van der Waals surface area contributed by atoms with Crippen LogP contribution in [-0.2, 0) is 5.41 Å². The van der Waals surface area contributed by atoms with Gasteiger partial charge >= 0.3 is 0 Å². The first-order valence-corrected chi connectivity index (χ1v) is 11.0. The molecule has 2 aromatic carbocycles. The number of fused-ring (bicyclic) bond motifs is 1. The van der Waals surface area contributed by atoms with E-state index in [2.05, 4.69) is 53.1 Å². The summed E-state index contributed by atoms with van der Waals surface area (Å²) in [6, 6.07) is 17.5. The number of nitrogens with two attached hydrogens (primary N) is 1. The molecule has 8 nitrogen and oxygen atoms in total. The van der Waals surface area contributed by atoms with Crippen molar-refractivity contribution in [3.63, 3.8) is 0 Å². The SMILES string of the molecule is CC(C)(C)c1ccc(-c2nnc(SCC(O)=C(C#N)c3nc4ccccc4[nH]3)n2N)cc1. The van der Waals surface area contributed by atoms with Crippen molar-refractivity contribution >= 4 is 28.4 Å². The van der Waals surface area contributed by atoms with E-state index in [1.165, 1.54) is 22.0 Å². The Hall–Kier alpha value is -3.77. The molecule has 0 fully saturated rings. The Labute approximate surface area is 189 Å². The van der Waals surface area contributed by atoms with Gasteiger partial charge in [0.2, 0.25) is 5.16 Å². The first-order chi connectivity index (χ1) is 15.3. The zero-order valence-corrected chi connectivity index (χ0v) is 18.8. The minimum Gasteiger partial charge on any atom is -0.510 e. The third kappa shape index (κ3) is 4.18. The average Bonchev–Trinajstić information content (AvgIpc) is 3.35. The number of hydrogen-bond acceptors (Lipinski definition) is 7. The van der Waals surface area contributed by atoms with E-state index in [-0.39, 0.29) is 22.5 Å². The number of nitrogens with zero attached hydrogens (tertiary/aromatic N) is 5. The number of allylic oxidation sites excluding steroid dienone is 1. The second-order valence-corrected chi connectivity index (χ2v) is 9.27. The van der Waals surface area contributed by atoms with E-state index in [0.29, 0.717) is 16.8 Å². The Bertz CT molecular complexity index is 1300. The Kier molecular flexibility index (Phi) is 5.63. The number of nitriles is 1. The number of aromatic amines is 1. The number of para-hydroxylation sites is 2. The first kappa shape index (κ1) is 21.5. The molecule has 0 amide bonds.